The first-order valence-corrected chi connectivity index (χ1v) is 12.2. The number of hydrogen-bond acceptors (Lipinski definition) is 8. The number of aryl methyl sites for hydroxylation is 3. The smallest absolute Gasteiger partial charge is 0.262 e. The summed E-state index contributed by atoms with van der Waals surface area (Å²) in [6.07, 6.45) is 1.83. The molecule has 1 aliphatic heterocycles. The first-order valence-electron chi connectivity index (χ1n) is 11.4. The molecular formula is C24H27N7O2S. The van der Waals surface area contributed by atoms with Gasteiger partial charge in [-0.15, -0.1) is 11.3 Å². The van der Waals surface area contributed by atoms with Crippen molar-refractivity contribution < 1.29 is 4.79 Å². The van der Waals surface area contributed by atoms with Gasteiger partial charge in [0, 0.05) is 49.4 Å². The number of benzene rings is 1. The van der Waals surface area contributed by atoms with Crippen LogP contribution in [0.1, 0.15) is 22.7 Å². The molecule has 5 rings (SSSR count). The summed E-state index contributed by atoms with van der Waals surface area (Å²) in [6.45, 7) is 7.62. The number of piperazine rings is 1. The minimum absolute atomic E-state index is 0.0519. The number of rotatable bonds is 5. The maximum Gasteiger partial charge on any atom is 0.262 e. The first kappa shape index (κ1) is 22.4. The minimum Gasteiger partial charge on any atom is -0.383 e. The lowest BCUT2D eigenvalue weighted by atomic mass is 10.2. The zero-order valence-electron chi connectivity index (χ0n) is 19.3. The molecule has 1 amide bonds. The molecule has 0 aliphatic carbocycles. The molecule has 2 N–H and O–H groups in total. The Morgan fingerprint density at radius 3 is 2.68 bits per heavy atom. The number of anilines is 1. The molecule has 1 aliphatic rings. The van der Waals surface area contributed by atoms with E-state index in [1.54, 1.807) is 10.9 Å². The van der Waals surface area contributed by atoms with E-state index in [2.05, 4.69) is 19.9 Å². The quantitative estimate of drug-likeness (QED) is 0.470. The predicted molar refractivity (Wildman–Crippen MR) is 134 cm³/mol. The zero-order chi connectivity index (χ0) is 23.8. The van der Waals surface area contributed by atoms with Gasteiger partial charge in [0.05, 0.1) is 23.8 Å². The lowest BCUT2D eigenvalue weighted by molar-refractivity contribution is -0.133. The largest absolute Gasteiger partial charge is 0.383 e. The molecule has 0 radical (unpaired) electrons. The Kier molecular flexibility index (Phi) is 6.01. The Morgan fingerprint density at radius 2 is 1.88 bits per heavy atom. The van der Waals surface area contributed by atoms with Gasteiger partial charge < -0.3 is 10.6 Å². The first-order chi connectivity index (χ1) is 16.4. The number of amides is 1. The molecule has 176 valence electrons. The van der Waals surface area contributed by atoms with Crippen molar-refractivity contribution >= 4 is 44.2 Å². The Balaban J connectivity index is 1.17. The van der Waals surface area contributed by atoms with Crippen molar-refractivity contribution in [2.24, 2.45) is 0 Å². The van der Waals surface area contributed by atoms with Crippen LogP contribution in [0.3, 0.4) is 0 Å². The molecule has 3 aromatic heterocycles. The normalized spacial score (nSPS) is 14.8. The van der Waals surface area contributed by atoms with Crippen LogP contribution in [0.5, 0.6) is 0 Å². The second-order valence-corrected chi connectivity index (χ2v) is 9.86. The third-order valence-corrected chi connectivity index (χ3v) is 7.61. The van der Waals surface area contributed by atoms with Gasteiger partial charge in [0.1, 0.15) is 16.5 Å². The van der Waals surface area contributed by atoms with Gasteiger partial charge in [-0.25, -0.2) is 15.0 Å². The fourth-order valence-electron chi connectivity index (χ4n) is 4.38. The van der Waals surface area contributed by atoms with E-state index in [4.69, 9.17) is 5.73 Å². The summed E-state index contributed by atoms with van der Waals surface area (Å²) in [5.41, 5.74) is 7.86. The fraction of sp³-hybridized carbons (Fsp3) is 0.375. The van der Waals surface area contributed by atoms with Gasteiger partial charge in [0.25, 0.3) is 5.56 Å². The van der Waals surface area contributed by atoms with Crippen molar-refractivity contribution in [1.82, 2.24) is 29.3 Å². The number of para-hydroxylation sites is 1. The van der Waals surface area contributed by atoms with Crippen LogP contribution in [0.2, 0.25) is 0 Å². The van der Waals surface area contributed by atoms with Gasteiger partial charge in [-0.3, -0.25) is 19.1 Å². The Bertz CT molecular complexity index is 1440. The summed E-state index contributed by atoms with van der Waals surface area (Å²) < 4.78 is 1.55. The highest BCUT2D eigenvalue weighted by molar-refractivity contribution is 7.18. The summed E-state index contributed by atoms with van der Waals surface area (Å²) in [5, 5.41) is 1.53. The topological polar surface area (TPSA) is 110 Å². The molecule has 4 heterocycles. The zero-order valence-corrected chi connectivity index (χ0v) is 20.1. The summed E-state index contributed by atoms with van der Waals surface area (Å²) in [4.78, 5) is 45.1. The maximum atomic E-state index is 12.9. The molecular weight excluding hydrogens is 450 g/mol. The van der Waals surface area contributed by atoms with Crippen molar-refractivity contribution in [3.8, 4) is 0 Å². The van der Waals surface area contributed by atoms with Crippen LogP contribution in [-0.4, -0.2) is 61.4 Å². The van der Waals surface area contributed by atoms with E-state index >= 15 is 0 Å². The van der Waals surface area contributed by atoms with E-state index in [0.717, 1.165) is 39.3 Å². The van der Waals surface area contributed by atoms with Crippen LogP contribution in [0, 0.1) is 13.8 Å². The van der Waals surface area contributed by atoms with Crippen molar-refractivity contribution in [1.29, 1.82) is 0 Å². The van der Waals surface area contributed by atoms with E-state index in [9.17, 15) is 9.59 Å². The number of nitrogens with zero attached hydrogens (tertiary/aromatic N) is 6. The number of aromatic nitrogens is 4. The lowest BCUT2D eigenvalue weighted by Crippen LogP contribution is -2.48. The number of thiophene rings is 1. The second-order valence-electron chi connectivity index (χ2n) is 8.66. The maximum absolute atomic E-state index is 12.9. The number of hydrogen-bond donors (Lipinski definition) is 1. The lowest BCUT2D eigenvalue weighted by Gasteiger charge is -2.34. The predicted octanol–water partition coefficient (Wildman–Crippen LogP) is 2.33. The van der Waals surface area contributed by atoms with Gasteiger partial charge in [-0.1, -0.05) is 12.1 Å². The standard InChI is InChI=1S/C24H27N7O2S/c1-15-16(2)34-23-21(15)24(33)31(14-26-23)8-7-20(32)30-11-9-29(10-12-30)13-19-27-18-6-4-3-5-17(18)22(25)28-19/h3-6,14H,7-13H2,1-2H3,(H2,25,27,28). The molecule has 0 atom stereocenters. The third kappa shape index (κ3) is 4.26. The van der Waals surface area contributed by atoms with Gasteiger partial charge in [-0.05, 0) is 31.5 Å². The SMILES string of the molecule is Cc1sc2ncn(CCC(=O)N3CCN(Cc4nc(N)c5ccccc5n4)CC3)c(=O)c2c1C. The highest BCUT2D eigenvalue weighted by Gasteiger charge is 2.22. The number of nitrogen functional groups attached to an aromatic ring is 1. The van der Waals surface area contributed by atoms with Gasteiger partial charge >= 0.3 is 0 Å². The van der Waals surface area contributed by atoms with Crippen LogP contribution in [0.4, 0.5) is 5.82 Å². The van der Waals surface area contributed by atoms with E-state index < -0.39 is 0 Å². The molecule has 4 aromatic rings. The fourth-order valence-corrected chi connectivity index (χ4v) is 5.37. The molecule has 0 unspecified atom stereocenters. The molecule has 1 aromatic carbocycles. The Morgan fingerprint density at radius 1 is 1.12 bits per heavy atom. The van der Waals surface area contributed by atoms with E-state index in [0.29, 0.717) is 43.2 Å². The highest BCUT2D eigenvalue weighted by atomic mass is 32.1. The average Bonchev–Trinajstić information content (AvgIpc) is 3.13. The van der Waals surface area contributed by atoms with Crippen molar-refractivity contribution in [3.63, 3.8) is 0 Å². The second kappa shape index (κ2) is 9.11. The monoisotopic (exact) mass is 477 g/mol. The van der Waals surface area contributed by atoms with Crippen LogP contribution >= 0.6 is 11.3 Å². The van der Waals surface area contributed by atoms with Crippen molar-refractivity contribution in [3.05, 3.63) is 57.2 Å². The van der Waals surface area contributed by atoms with E-state index in [1.807, 2.05) is 43.0 Å². The van der Waals surface area contributed by atoms with Gasteiger partial charge in [0.2, 0.25) is 5.91 Å². The summed E-state index contributed by atoms with van der Waals surface area (Å²) in [5.74, 6) is 1.23. The summed E-state index contributed by atoms with van der Waals surface area (Å²) in [7, 11) is 0. The van der Waals surface area contributed by atoms with E-state index in [-0.39, 0.29) is 17.9 Å². The Hall–Kier alpha value is -3.37. The molecule has 0 bridgehead atoms. The van der Waals surface area contributed by atoms with Crippen LogP contribution in [-0.2, 0) is 17.9 Å². The summed E-state index contributed by atoms with van der Waals surface area (Å²) >= 11 is 1.53. The number of nitrogens with two attached hydrogens (primary N) is 1. The molecule has 34 heavy (non-hydrogen) atoms. The van der Waals surface area contributed by atoms with Crippen LogP contribution in [0.15, 0.2) is 35.4 Å². The molecule has 9 nitrogen and oxygen atoms in total. The molecule has 10 heteroatoms. The minimum atomic E-state index is -0.0703. The Labute approximate surface area is 200 Å². The van der Waals surface area contributed by atoms with Crippen molar-refractivity contribution in [2.45, 2.75) is 33.4 Å². The van der Waals surface area contributed by atoms with Gasteiger partial charge in [-0.2, -0.15) is 0 Å². The van der Waals surface area contributed by atoms with Gasteiger partial charge in [0.15, 0.2) is 0 Å². The third-order valence-electron chi connectivity index (χ3n) is 6.49. The molecule has 0 saturated carbocycles. The van der Waals surface area contributed by atoms with Crippen molar-refractivity contribution in [2.75, 3.05) is 31.9 Å². The highest BCUT2D eigenvalue weighted by Crippen LogP contribution is 2.25. The molecule has 1 saturated heterocycles. The number of carbonyl (C=O) groups is 1. The molecule has 0 spiro atoms. The number of fused-ring (bicyclic) bond motifs is 2. The van der Waals surface area contributed by atoms with Crippen LogP contribution in [0.25, 0.3) is 21.1 Å². The average molecular weight is 478 g/mol. The summed E-state index contributed by atoms with van der Waals surface area (Å²) in [6, 6.07) is 7.72. The molecule has 1 fully saturated rings. The van der Waals surface area contributed by atoms with E-state index in [1.165, 1.54) is 11.3 Å². The van der Waals surface area contributed by atoms with Crippen LogP contribution < -0.4 is 11.3 Å². The number of carbonyl (C=O) groups excluding carboxylic acids is 1.